The molecule has 0 fully saturated rings. The zero-order chi connectivity index (χ0) is 26.0. The van der Waals surface area contributed by atoms with Crippen LogP contribution >= 0.6 is 0 Å². The van der Waals surface area contributed by atoms with Crippen LogP contribution in [0.5, 0.6) is 28.7 Å². The molecule has 0 aliphatic carbocycles. The van der Waals surface area contributed by atoms with Gasteiger partial charge in [0.2, 0.25) is 0 Å². The molecule has 0 aliphatic heterocycles. The number of carbonyl (C=O) groups excluding carboxylic acids is 2. The second-order valence-electron chi connectivity index (χ2n) is 6.81. The number of ether oxygens (including phenoxy) is 6. The fourth-order valence-corrected chi connectivity index (χ4v) is 3.69. The topological polar surface area (TPSA) is 136 Å². The van der Waals surface area contributed by atoms with Crippen molar-refractivity contribution in [2.45, 2.75) is 12.8 Å². The van der Waals surface area contributed by atoms with Crippen LogP contribution in [0.3, 0.4) is 0 Å². The maximum absolute atomic E-state index is 12.7. The van der Waals surface area contributed by atoms with Crippen molar-refractivity contribution in [1.82, 2.24) is 0 Å². The van der Waals surface area contributed by atoms with Crippen LogP contribution in [-0.2, 0) is 24.3 Å². The Morgan fingerprint density at radius 1 is 0.800 bits per heavy atom. The molecule has 0 radical (unpaired) electrons. The lowest BCUT2D eigenvalue weighted by Crippen LogP contribution is -2.13. The first-order valence-corrected chi connectivity index (χ1v) is 11.7. The smallest absolute Gasteiger partial charge is 0.311 e. The van der Waals surface area contributed by atoms with Gasteiger partial charge in [0.25, 0.3) is 10.0 Å². The van der Waals surface area contributed by atoms with Gasteiger partial charge >= 0.3 is 11.9 Å². The van der Waals surface area contributed by atoms with Crippen molar-refractivity contribution in [1.29, 1.82) is 0 Å². The number of sulfonamides is 1. The number of nitrogens with one attached hydrogen (secondary N) is 1. The minimum absolute atomic E-state index is 0.0231. The first-order valence-electron chi connectivity index (χ1n) is 10.1. The third kappa shape index (κ3) is 7.81. The molecule has 0 heterocycles. The third-order valence-corrected chi connectivity index (χ3v) is 5.59. The number of anilines is 1. The van der Waals surface area contributed by atoms with E-state index in [0.717, 1.165) is 5.41 Å². The molecule has 2 aromatic rings. The van der Waals surface area contributed by atoms with Crippen LogP contribution in [0.1, 0.15) is 18.4 Å². The van der Waals surface area contributed by atoms with Crippen molar-refractivity contribution in [3.05, 3.63) is 41.3 Å². The molecule has 0 aromatic heterocycles. The van der Waals surface area contributed by atoms with E-state index >= 15 is 0 Å². The van der Waals surface area contributed by atoms with E-state index < -0.39 is 22.0 Å². The highest BCUT2D eigenvalue weighted by Gasteiger charge is 2.16. The molecule has 190 valence electrons. The van der Waals surface area contributed by atoms with Gasteiger partial charge < -0.3 is 28.4 Å². The number of rotatable bonds is 12. The van der Waals surface area contributed by atoms with E-state index in [1.165, 1.54) is 59.8 Å². The lowest BCUT2D eigenvalue weighted by molar-refractivity contribution is -0.144. The molecule has 0 saturated heterocycles. The summed E-state index contributed by atoms with van der Waals surface area (Å²) < 4.78 is 58.5. The van der Waals surface area contributed by atoms with E-state index in [4.69, 9.17) is 23.7 Å². The summed E-state index contributed by atoms with van der Waals surface area (Å²) in [6.07, 6.45) is 0.934. The van der Waals surface area contributed by atoms with Crippen molar-refractivity contribution < 1.29 is 46.4 Å². The van der Waals surface area contributed by atoms with E-state index in [1.807, 2.05) is 0 Å². The van der Waals surface area contributed by atoms with Crippen LogP contribution in [0.25, 0.3) is 6.08 Å². The number of hydrogen-bond acceptors (Lipinski definition) is 10. The van der Waals surface area contributed by atoms with Gasteiger partial charge in [0, 0.05) is 18.2 Å². The molecule has 0 saturated carbocycles. The van der Waals surface area contributed by atoms with Crippen LogP contribution in [0.4, 0.5) is 5.69 Å². The highest BCUT2D eigenvalue weighted by Crippen LogP contribution is 2.35. The van der Waals surface area contributed by atoms with E-state index in [0.29, 0.717) is 22.8 Å². The van der Waals surface area contributed by atoms with Crippen LogP contribution in [0.2, 0.25) is 0 Å². The van der Waals surface area contributed by atoms with Gasteiger partial charge in [-0.1, -0.05) is 0 Å². The number of esters is 2. The summed E-state index contributed by atoms with van der Waals surface area (Å²) in [6.45, 7) is 0. The van der Waals surface area contributed by atoms with Gasteiger partial charge in [-0.25, -0.2) is 8.42 Å². The first-order chi connectivity index (χ1) is 16.7. The summed E-state index contributed by atoms with van der Waals surface area (Å²) in [5, 5.41) is 0.937. The molecule has 2 rings (SSSR count). The number of methoxy groups -OCH3 is 5. The van der Waals surface area contributed by atoms with Gasteiger partial charge in [-0.2, -0.15) is 0 Å². The Bertz CT molecular complexity index is 1170. The van der Waals surface area contributed by atoms with Crippen molar-refractivity contribution in [2.24, 2.45) is 0 Å². The Morgan fingerprint density at radius 3 is 1.94 bits per heavy atom. The highest BCUT2D eigenvalue weighted by atomic mass is 32.2. The van der Waals surface area contributed by atoms with E-state index in [-0.39, 0.29) is 30.0 Å². The molecule has 0 amide bonds. The minimum Gasteiger partial charge on any atom is -0.496 e. The van der Waals surface area contributed by atoms with Gasteiger partial charge in [-0.3, -0.25) is 14.3 Å². The van der Waals surface area contributed by atoms with Gasteiger partial charge in [0.1, 0.15) is 17.2 Å². The van der Waals surface area contributed by atoms with Crippen molar-refractivity contribution >= 4 is 33.7 Å². The summed E-state index contributed by atoms with van der Waals surface area (Å²) in [4.78, 5) is 23.3. The Morgan fingerprint density at radius 2 is 1.40 bits per heavy atom. The number of carbonyl (C=O) groups is 2. The van der Waals surface area contributed by atoms with Gasteiger partial charge in [0.15, 0.2) is 11.5 Å². The monoisotopic (exact) mass is 509 g/mol. The maximum Gasteiger partial charge on any atom is 0.311 e. The lowest BCUT2D eigenvalue weighted by Gasteiger charge is -2.13. The van der Waals surface area contributed by atoms with Gasteiger partial charge in [-0.15, -0.1) is 0 Å². The van der Waals surface area contributed by atoms with Crippen LogP contribution in [0.15, 0.2) is 35.7 Å². The van der Waals surface area contributed by atoms with Crippen LogP contribution < -0.4 is 28.4 Å². The summed E-state index contributed by atoms with van der Waals surface area (Å²) in [7, 11) is 2.92. The van der Waals surface area contributed by atoms with Crippen LogP contribution in [0, 0.1) is 0 Å². The molecule has 0 atom stereocenters. The molecular formula is C23H27NO10S. The Labute approximate surface area is 203 Å². The lowest BCUT2D eigenvalue weighted by atomic mass is 10.1. The normalized spacial score (nSPS) is 11.0. The molecule has 0 unspecified atom stereocenters. The van der Waals surface area contributed by atoms with Crippen molar-refractivity contribution in [3.8, 4) is 28.7 Å². The maximum atomic E-state index is 12.7. The van der Waals surface area contributed by atoms with Crippen molar-refractivity contribution in [3.63, 3.8) is 0 Å². The Balaban J connectivity index is 2.25. The molecule has 2 aromatic carbocycles. The highest BCUT2D eigenvalue weighted by molar-refractivity contribution is 7.95. The second kappa shape index (κ2) is 12.5. The molecule has 11 nitrogen and oxygen atoms in total. The number of hydrogen-bond donors (Lipinski definition) is 1. The summed E-state index contributed by atoms with van der Waals surface area (Å²) in [6, 6.07) is 7.33. The summed E-state index contributed by atoms with van der Waals surface area (Å²) in [5.74, 6) is 0.0625. The zero-order valence-corrected chi connectivity index (χ0v) is 20.8. The predicted octanol–water partition coefficient (Wildman–Crippen LogP) is 2.99. The average Bonchev–Trinajstić information content (AvgIpc) is 2.85. The molecule has 12 heteroatoms. The molecule has 0 aliphatic rings. The quantitative estimate of drug-likeness (QED) is 0.336. The van der Waals surface area contributed by atoms with E-state index in [1.54, 1.807) is 12.1 Å². The van der Waals surface area contributed by atoms with E-state index in [9.17, 15) is 18.0 Å². The van der Waals surface area contributed by atoms with E-state index in [2.05, 4.69) is 9.46 Å². The third-order valence-electron chi connectivity index (χ3n) is 4.58. The summed E-state index contributed by atoms with van der Waals surface area (Å²) >= 11 is 0. The van der Waals surface area contributed by atoms with Gasteiger partial charge in [-0.05, 0) is 18.2 Å². The molecule has 35 heavy (non-hydrogen) atoms. The average molecular weight is 510 g/mol. The SMILES string of the molecule is COC(=O)CCC(=O)Oc1cc(NS(=O)(=O)C=Cc2c(OC)cc(OC)cc2OC)ccc1OC. The molecule has 0 spiro atoms. The number of benzene rings is 2. The Hall–Kier alpha value is -3.93. The standard InChI is InChI=1S/C23H27NO10S/c1-29-16-13-19(31-3)17(20(14-16)32-4)10-11-35(27,28)24-15-6-7-18(30-2)21(12-15)34-23(26)9-8-22(25)33-5/h6-7,10-14,24H,8-9H2,1-5H3. The fraction of sp³-hybridized carbons (Fsp3) is 0.304. The largest absolute Gasteiger partial charge is 0.496 e. The first kappa shape index (κ1) is 27.3. The predicted molar refractivity (Wildman–Crippen MR) is 128 cm³/mol. The molecular weight excluding hydrogens is 482 g/mol. The minimum atomic E-state index is -4.00. The second-order valence-corrected chi connectivity index (χ2v) is 8.38. The molecule has 0 bridgehead atoms. The van der Waals surface area contributed by atoms with Crippen LogP contribution in [-0.4, -0.2) is 55.9 Å². The Kier molecular flexibility index (Phi) is 9.76. The molecule has 1 N–H and O–H groups in total. The van der Waals surface area contributed by atoms with Crippen molar-refractivity contribution in [2.75, 3.05) is 40.3 Å². The van der Waals surface area contributed by atoms with Gasteiger partial charge in [0.05, 0.1) is 65.0 Å². The fourth-order valence-electron chi connectivity index (χ4n) is 2.85. The summed E-state index contributed by atoms with van der Waals surface area (Å²) in [5.41, 5.74) is 0.496. The zero-order valence-electron chi connectivity index (χ0n) is 19.9.